The summed E-state index contributed by atoms with van der Waals surface area (Å²) in [7, 11) is 0. The molecule has 3 N–H and O–H groups in total. The summed E-state index contributed by atoms with van der Waals surface area (Å²) in [5.74, 6) is 0.0514. The van der Waals surface area contributed by atoms with Crippen molar-refractivity contribution in [1.82, 2.24) is 25.5 Å². The Hall–Kier alpha value is -3.60. The zero-order chi connectivity index (χ0) is 29.2. The number of nitrogens with one attached hydrogen (secondary N) is 3. The monoisotopic (exact) mass is 600 g/mol. The first kappa shape index (κ1) is 28.2. The summed E-state index contributed by atoms with van der Waals surface area (Å²) in [6, 6.07) is 12.3. The van der Waals surface area contributed by atoms with E-state index in [4.69, 9.17) is 9.72 Å². The minimum absolute atomic E-state index is 0.0821. The maximum absolute atomic E-state index is 15.0. The fraction of sp³-hybridized carbons (Fsp3) is 0.424. The number of benzene rings is 1. The third-order valence-corrected chi connectivity index (χ3v) is 10.5. The fourth-order valence-corrected chi connectivity index (χ4v) is 7.41. The van der Waals surface area contributed by atoms with Gasteiger partial charge in [0.15, 0.2) is 11.6 Å². The lowest BCUT2D eigenvalue weighted by Crippen LogP contribution is -2.45. The molecule has 1 spiro atoms. The first-order chi connectivity index (χ1) is 21.0. The summed E-state index contributed by atoms with van der Waals surface area (Å²) in [5.41, 5.74) is 3.81. The van der Waals surface area contributed by atoms with Crippen LogP contribution in [0.1, 0.15) is 50.5 Å². The molecule has 8 nitrogen and oxygen atoms in total. The maximum atomic E-state index is 15.0. The molecule has 224 valence electrons. The Balaban J connectivity index is 0.998. The Bertz CT molecular complexity index is 1590. The van der Waals surface area contributed by atoms with Crippen LogP contribution in [-0.2, 0) is 6.54 Å². The van der Waals surface area contributed by atoms with Crippen molar-refractivity contribution >= 4 is 33.3 Å². The number of piperidine rings is 2. The van der Waals surface area contributed by atoms with Crippen molar-refractivity contribution in [2.45, 2.75) is 57.5 Å². The van der Waals surface area contributed by atoms with Gasteiger partial charge in [-0.1, -0.05) is 6.07 Å². The van der Waals surface area contributed by atoms with Crippen LogP contribution < -0.4 is 20.7 Å². The van der Waals surface area contributed by atoms with E-state index in [2.05, 4.69) is 38.0 Å². The van der Waals surface area contributed by atoms with Gasteiger partial charge in [-0.25, -0.2) is 9.18 Å². The van der Waals surface area contributed by atoms with E-state index in [9.17, 15) is 9.18 Å². The quantitative estimate of drug-likeness (QED) is 0.213. The zero-order valence-corrected chi connectivity index (χ0v) is 25.0. The second-order valence-corrected chi connectivity index (χ2v) is 13.2. The predicted molar refractivity (Wildman–Crippen MR) is 168 cm³/mol. The van der Waals surface area contributed by atoms with Crippen LogP contribution in [0.5, 0.6) is 11.5 Å². The number of aromatic nitrogens is 2. The number of hydrogen-bond acceptors (Lipinski definition) is 7. The van der Waals surface area contributed by atoms with Crippen molar-refractivity contribution in [3.05, 3.63) is 66.2 Å². The summed E-state index contributed by atoms with van der Waals surface area (Å²) in [6.07, 6.45) is 12.0. The Kier molecular flexibility index (Phi) is 7.99. The molecule has 0 unspecified atom stereocenters. The van der Waals surface area contributed by atoms with Crippen LogP contribution in [0.2, 0.25) is 0 Å². The second-order valence-electron chi connectivity index (χ2n) is 12.2. The number of ether oxygens (including phenoxy) is 1. The molecule has 10 heteroatoms. The molecule has 43 heavy (non-hydrogen) atoms. The van der Waals surface area contributed by atoms with E-state index in [-0.39, 0.29) is 17.8 Å². The number of amides is 2. The molecule has 0 atom stereocenters. The van der Waals surface area contributed by atoms with Gasteiger partial charge in [0.25, 0.3) is 0 Å². The van der Waals surface area contributed by atoms with Crippen LogP contribution in [0.15, 0.2) is 54.9 Å². The standard InChI is InChI=1S/C33H37FN6O2S/c34-25-18-24(39-32(41)38-23-2-1-3-23)5-7-28(25)42-29-8-13-36-27-19-30(43-31(27)29)26-6-4-22(20-37-26)21-40-16-11-33(12-17-40)9-14-35-15-10-33/h4-8,13,18-20,23,35H,1-3,9-12,14-17,21H2,(H2,38,39,41). The van der Waals surface area contributed by atoms with Gasteiger partial charge in [0.2, 0.25) is 0 Å². The summed E-state index contributed by atoms with van der Waals surface area (Å²) in [4.78, 5) is 25.0. The van der Waals surface area contributed by atoms with Crippen molar-refractivity contribution in [2.24, 2.45) is 5.41 Å². The molecule has 0 radical (unpaired) electrons. The smallest absolute Gasteiger partial charge is 0.319 e. The third kappa shape index (κ3) is 6.37. The highest BCUT2D eigenvalue weighted by Crippen LogP contribution is 2.41. The molecule has 4 aromatic rings. The lowest BCUT2D eigenvalue weighted by Gasteiger charge is -2.44. The van der Waals surface area contributed by atoms with Gasteiger partial charge >= 0.3 is 6.03 Å². The number of halogens is 1. The molecule has 3 aromatic heterocycles. The van der Waals surface area contributed by atoms with Crippen LogP contribution >= 0.6 is 11.3 Å². The number of hydrogen-bond donors (Lipinski definition) is 3. The van der Waals surface area contributed by atoms with Crippen LogP contribution in [0.25, 0.3) is 20.8 Å². The number of rotatable bonds is 7. The fourth-order valence-electron chi connectivity index (χ4n) is 6.37. The Morgan fingerprint density at radius 2 is 1.88 bits per heavy atom. The van der Waals surface area contributed by atoms with Gasteiger partial charge in [0.05, 0.1) is 20.8 Å². The molecule has 2 amide bonds. The highest BCUT2D eigenvalue weighted by Gasteiger charge is 2.35. The number of fused-ring (bicyclic) bond motifs is 1. The molecule has 2 saturated heterocycles. The van der Waals surface area contributed by atoms with Gasteiger partial charge in [-0.2, -0.15) is 0 Å². The van der Waals surface area contributed by atoms with Crippen molar-refractivity contribution in [3.8, 4) is 22.1 Å². The number of likely N-dealkylation sites (tertiary alicyclic amines) is 1. The summed E-state index contributed by atoms with van der Waals surface area (Å²) < 4.78 is 21.8. The van der Waals surface area contributed by atoms with E-state index in [1.165, 1.54) is 54.7 Å². The first-order valence-corrected chi connectivity index (χ1v) is 16.2. The Morgan fingerprint density at radius 3 is 2.60 bits per heavy atom. The Labute approximate surface area is 255 Å². The van der Waals surface area contributed by atoms with E-state index in [0.29, 0.717) is 16.9 Å². The van der Waals surface area contributed by atoms with Crippen molar-refractivity contribution in [1.29, 1.82) is 0 Å². The number of thiophene rings is 1. The van der Waals surface area contributed by atoms with Gasteiger partial charge in [-0.05, 0) is 106 Å². The molecule has 7 rings (SSSR count). The number of nitrogens with zero attached hydrogens (tertiary/aromatic N) is 3. The number of carbonyl (C=O) groups excluding carboxylic acids is 1. The molecule has 2 aliphatic heterocycles. The normalized spacial score (nSPS) is 18.8. The summed E-state index contributed by atoms with van der Waals surface area (Å²) in [5, 5.41) is 9.09. The summed E-state index contributed by atoms with van der Waals surface area (Å²) >= 11 is 1.53. The SMILES string of the molecule is O=C(Nc1ccc(Oc2ccnc3cc(-c4ccc(CN5CCC6(CCNCC6)CC5)cn4)sc23)c(F)c1)NC1CCC1. The molecule has 1 saturated carbocycles. The highest BCUT2D eigenvalue weighted by molar-refractivity contribution is 7.22. The molecule has 1 aromatic carbocycles. The van der Waals surface area contributed by atoms with Crippen LogP contribution in [0.3, 0.4) is 0 Å². The van der Waals surface area contributed by atoms with Gasteiger partial charge in [-0.3, -0.25) is 14.9 Å². The van der Waals surface area contributed by atoms with Gasteiger partial charge in [0.1, 0.15) is 5.75 Å². The van der Waals surface area contributed by atoms with E-state index in [1.54, 1.807) is 18.3 Å². The maximum Gasteiger partial charge on any atom is 0.319 e. The van der Waals surface area contributed by atoms with Gasteiger partial charge < -0.3 is 20.7 Å². The lowest BCUT2D eigenvalue weighted by atomic mass is 9.71. The van der Waals surface area contributed by atoms with Crippen molar-refractivity contribution in [2.75, 3.05) is 31.5 Å². The number of anilines is 1. The molecule has 3 aliphatic rings. The minimum Gasteiger partial charge on any atom is -0.453 e. The molecular weight excluding hydrogens is 563 g/mol. The number of pyridine rings is 2. The van der Waals surface area contributed by atoms with E-state index >= 15 is 0 Å². The largest absolute Gasteiger partial charge is 0.453 e. The minimum atomic E-state index is -0.555. The van der Waals surface area contributed by atoms with E-state index in [0.717, 1.165) is 72.8 Å². The van der Waals surface area contributed by atoms with Crippen molar-refractivity contribution in [3.63, 3.8) is 0 Å². The molecule has 1 aliphatic carbocycles. The van der Waals surface area contributed by atoms with Crippen molar-refractivity contribution < 1.29 is 13.9 Å². The first-order valence-electron chi connectivity index (χ1n) is 15.3. The van der Waals surface area contributed by atoms with Crippen LogP contribution in [-0.4, -0.2) is 53.1 Å². The number of carbonyl (C=O) groups is 1. The van der Waals surface area contributed by atoms with Gasteiger partial charge in [-0.15, -0.1) is 11.3 Å². The zero-order valence-electron chi connectivity index (χ0n) is 24.2. The molecular formula is C33H37FN6O2S. The number of urea groups is 1. The van der Waals surface area contributed by atoms with E-state index in [1.807, 2.05) is 12.3 Å². The van der Waals surface area contributed by atoms with Crippen LogP contribution in [0, 0.1) is 11.2 Å². The topological polar surface area (TPSA) is 91.4 Å². The average molecular weight is 601 g/mol. The third-order valence-electron chi connectivity index (χ3n) is 9.29. The van der Waals surface area contributed by atoms with Gasteiger partial charge in [0, 0.05) is 42.8 Å². The molecule has 5 heterocycles. The molecule has 3 fully saturated rings. The average Bonchev–Trinajstić information content (AvgIpc) is 3.44. The second kappa shape index (κ2) is 12.2. The summed E-state index contributed by atoms with van der Waals surface area (Å²) in [6.45, 7) is 5.56. The Morgan fingerprint density at radius 1 is 1.05 bits per heavy atom. The predicted octanol–water partition coefficient (Wildman–Crippen LogP) is 6.93. The lowest BCUT2D eigenvalue weighted by molar-refractivity contribution is 0.0701. The van der Waals surface area contributed by atoms with Crippen LogP contribution in [0.4, 0.5) is 14.9 Å². The molecule has 0 bridgehead atoms. The van der Waals surface area contributed by atoms with E-state index < -0.39 is 5.82 Å². The highest BCUT2D eigenvalue weighted by atomic mass is 32.1.